The lowest BCUT2D eigenvalue weighted by atomic mass is 9.91. The zero-order valence-electron chi connectivity index (χ0n) is 8.87. The molecule has 0 aromatic carbocycles. The van der Waals surface area contributed by atoms with Crippen LogP contribution in [0.3, 0.4) is 0 Å². The molecule has 1 heterocycles. The van der Waals surface area contributed by atoms with Crippen LogP contribution in [0.25, 0.3) is 0 Å². The second-order valence-electron chi connectivity index (χ2n) is 4.09. The molecule has 1 aliphatic rings. The molecule has 1 aromatic heterocycles. The molecule has 5 nitrogen and oxygen atoms in total. The number of nitrogens with one attached hydrogen (secondary N) is 2. The number of hydrogen-bond acceptors (Lipinski definition) is 4. The molecule has 1 aliphatic carbocycles. The average molecular weight is 287 g/mol. The van der Waals surface area contributed by atoms with Crippen LogP contribution in [-0.4, -0.2) is 22.1 Å². The van der Waals surface area contributed by atoms with Gasteiger partial charge in [-0.2, -0.15) is 0 Å². The van der Waals surface area contributed by atoms with Gasteiger partial charge in [0.2, 0.25) is 0 Å². The molecule has 0 bridgehead atoms. The second kappa shape index (κ2) is 4.97. The summed E-state index contributed by atoms with van der Waals surface area (Å²) in [5.41, 5.74) is 5.84. The monoisotopic (exact) mass is 286 g/mol. The van der Waals surface area contributed by atoms with Gasteiger partial charge in [-0.3, -0.25) is 4.79 Å². The molecule has 0 spiro atoms. The summed E-state index contributed by atoms with van der Waals surface area (Å²) in [5, 5.41) is 3.24. The Morgan fingerprint density at radius 1 is 1.50 bits per heavy atom. The fraction of sp³-hybridized carbons (Fsp3) is 0.600. The van der Waals surface area contributed by atoms with Crippen molar-refractivity contribution < 1.29 is 0 Å². The number of aromatic nitrogens is 2. The first kappa shape index (κ1) is 11.6. The molecule has 4 N–H and O–H groups in total. The van der Waals surface area contributed by atoms with E-state index in [9.17, 15) is 4.79 Å². The van der Waals surface area contributed by atoms with Crippen molar-refractivity contribution in [1.29, 1.82) is 0 Å². The van der Waals surface area contributed by atoms with E-state index >= 15 is 0 Å². The van der Waals surface area contributed by atoms with Gasteiger partial charge in [-0.15, -0.1) is 0 Å². The van der Waals surface area contributed by atoms with Crippen LogP contribution in [0.5, 0.6) is 0 Å². The van der Waals surface area contributed by atoms with Gasteiger partial charge >= 0.3 is 0 Å². The quantitative estimate of drug-likeness (QED) is 0.763. The van der Waals surface area contributed by atoms with E-state index in [1.807, 2.05) is 0 Å². The summed E-state index contributed by atoms with van der Waals surface area (Å²) in [6, 6.07) is 0.348. The lowest BCUT2D eigenvalue weighted by Gasteiger charge is -2.29. The van der Waals surface area contributed by atoms with Gasteiger partial charge in [0.1, 0.15) is 10.3 Å². The molecule has 1 aromatic rings. The zero-order chi connectivity index (χ0) is 11.5. The van der Waals surface area contributed by atoms with Gasteiger partial charge in [0.15, 0.2) is 0 Å². The Morgan fingerprint density at radius 3 is 3.00 bits per heavy atom. The van der Waals surface area contributed by atoms with E-state index < -0.39 is 0 Å². The van der Waals surface area contributed by atoms with Gasteiger partial charge in [0, 0.05) is 12.1 Å². The van der Waals surface area contributed by atoms with Gasteiger partial charge < -0.3 is 16.0 Å². The van der Waals surface area contributed by atoms with Crippen molar-refractivity contribution in [1.82, 2.24) is 9.97 Å². The lowest BCUT2D eigenvalue weighted by molar-refractivity contribution is 0.403. The summed E-state index contributed by atoms with van der Waals surface area (Å²) in [4.78, 5) is 18.0. The van der Waals surface area contributed by atoms with E-state index in [4.69, 9.17) is 5.73 Å². The Balaban J connectivity index is 2.14. The van der Waals surface area contributed by atoms with E-state index in [-0.39, 0.29) is 17.6 Å². The first-order chi connectivity index (χ1) is 7.68. The van der Waals surface area contributed by atoms with Crippen LogP contribution in [0.15, 0.2) is 15.6 Å². The maximum absolute atomic E-state index is 11.3. The molecule has 2 atom stereocenters. The number of aromatic amines is 1. The second-order valence-corrected chi connectivity index (χ2v) is 4.89. The van der Waals surface area contributed by atoms with Crippen molar-refractivity contribution in [3.8, 4) is 0 Å². The average Bonchev–Trinajstić information content (AvgIpc) is 2.28. The molecule has 0 saturated heterocycles. The molecule has 16 heavy (non-hydrogen) atoms. The Morgan fingerprint density at radius 2 is 2.25 bits per heavy atom. The Labute approximate surface area is 102 Å². The molecule has 1 fully saturated rings. The minimum absolute atomic E-state index is 0.140. The standard InChI is InChI=1S/C10H15BrN4O/c11-8-9(13-5-14-10(8)16)15-7-4-2-1-3-6(7)12/h5-7H,1-4,12H2,(H2,13,14,15,16)/t6-,7-/m1/s1. The Kier molecular flexibility index (Phi) is 3.60. The Hall–Kier alpha value is -0.880. The van der Waals surface area contributed by atoms with E-state index in [1.165, 1.54) is 19.2 Å². The molecular weight excluding hydrogens is 272 g/mol. The van der Waals surface area contributed by atoms with Crippen molar-refractivity contribution in [3.05, 3.63) is 21.2 Å². The largest absolute Gasteiger partial charge is 0.365 e. The molecular formula is C10H15BrN4O. The highest BCUT2D eigenvalue weighted by atomic mass is 79.9. The molecule has 0 aliphatic heterocycles. The highest BCUT2D eigenvalue weighted by Crippen LogP contribution is 2.22. The highest BCUT2D eigenvalue weighted by Gasteiger charge is 2.22. The summed E-state index contributed by atoms with van der Waals surface area (Å²) >= 11 is 3.22. The topological polar surface area (TPSA) is 83.8 Å². The summed E-state index contributed by atoms with van der Waals surface area (Å²) in [7, 11) is 0. The van der Waals surface area contributed by atoms with Crippen molar-refractivity contribution in [2.75, 3.05) is 5.32 Å². The minimum Gasteiger partial charge on any atom is -0.365 e. The van der Waals surface area contributed by atoms with Crippen molar-refractivity contribution in [2.45, 2.75) is 37.8 Å². The van der Waals surface area contributed by atoms with Gasteiger partial charge in [-0.1, -0.05) is 12.8 Å². The van der Waals surface area contributed by atoms with Crippen LogP contribution in [0.2, 0.25) is 0 Å². The van der Waals surface area contributed by atoms with Crippen LogP contribution < -0.4 is 16.6 Å². The van der Waals surface area contributed by atoms with Crippen molar-refractivity contribution >= 4 is 21.7 Å². The number of halogens is 1. The van der Waals surface area contributed by atoms with E-state index in [1.54, 1.807) is 0 Å². The highest BCUT2D eigenvalue weighted by molar-refractivity contribution is 9.10. The molecule has 1 saturated carbocycles. The summed E-state index contributed by atoms with van der Waals surface area (Å²) < 4.78 is 0.438. The molecule has 2 rings (SSSR count). The number of nitrogens with two attached hydrogens (primary N) is 1. The maximum Gasteiger partial charge on any atom is 0.267 e. The third-order valence-electron chi connectivity index (χ3n) is 2.94. The van der Waals surface area contributed by atoms with Gasteiger partial charge in [0.25, 0.3) is 5.56 Å². The normalized spacial score (nSPS) is 25.4. The fourth-order valence-electron chi connectivity index (χ4n) is 2.00. The van der Waals surface area contributed by atoms with Crippen LogP contribution in [0.4, 0.5) is 5.82 Å². The summed E-state index contributed by atoms with van der Waals surface area (Å²) in [5.74, 6) is 0.575. The fourth-order valence-corrected chi connectivity index (χ4v) is 2.33. The molecule has 6 heteroatoms. The SMILES string of the molecule is N[C@@H]1CCCC[C@H]1Nc1nc[nH]c(=O)c1Br. The number of nitrogens with zero attached hydrogens (tertiary/aromatic N) is 1. The van der Waals surface area contributed by atoms with Crippen LogP contribution in [0.1, 0.15) is 25.7 Å². The number of rotatable bonds is 2. The van der Waals surface area contributed by atoms with Gasteiger partial charge in [-0.25, -0.2) is 4.98 Å². The summed E-state index contributed by atoms with van der Waals surface area (Å²) in [6.07, 6.45) is 5.81. The number of H-pyrrole nitrogens is 1. The number of anilines is 1. The van der Waals surface area contributed by atoms with E-state index in [0.29, 0.717) is 10.3 Å². The molecule has 0 radical (unpaired) electrons. The van der Waals surface area contributed by atoms with Gasteiger partial charge in [0.05, 0.1) is 6.33 Å². The van der Waals surface area contributed by atoms with Crippen molar-refractivity contribution in [3.63, 3.8) is 0 Å². The van der Waals surface area contributed by atoms with Gasteiger partial charge in [-0.05, 0) is 28.8 Å². The lowest BCUT2D eigenvalue weighted by Crippen LogP contribution is -2.43. The Bertz CT molecular complexity index is 420. The van der Waals surface area contributed by atoms with E-state index in [0.717, 1.165) is 12.8 Å². The first-order valence-electron chi connectivity index (χ1n) is 5.44. The third kappa shape index (κ3) is 2.44. The van der Waals surface area contributed by atoms with Crippen LogP contribution in [0, 0.1) is 0 Å². The molecule has 88 valence electrons. The maximum atomic E-state index is 11.3. The minimum atomic E-state index is -0.179. The molecule has 0 unspecified atom stereocenters. The third-order valence-corrected chi connectivity index (χ3v) is 3.67. The first-order valence-corrected chi connectivity index (χ1v) is 6.23. The smallest absolute Gasteiger partial charge is 0.267 e. The van der Waals surface area contributed by atoms with E-state index in [2.05, 4.69) is 31.2 Å². The number of hydrogen-bond donors (Lipinski definition) is 3. The molecule has 0 amide bonds. The van der Waals surface area contributed by atoms with Crippen LogP contribution >= 0.6 is 15.9 Å². The van der Waals surface area contributed by atoms with Crippen LogP contribution in [-0.2, 0) is 0 Å². The summed E-state index contributed by atoms with van der Waals surface area (Å²) in [6.45, 7) is 0. The zero-order valence-corrected chi connectivity index (χ0v) is 10.5. The predicted molar refractivity (Wildman–Crippen MR) is 66.4 cm³/mol. The van der Waals surface area contributed by atoms with Crippen molar-refractivity contribution in [2.24, 2.45) is 5.73 Å². The predicted octanol–water partition coefficient (Wildman–Crippen LogP) is 1.21.